The summed E-state index contributed by atoms with van der Waals surface area (Å²) in [6.07, 6.45) is 0. The van der Waals surface area contributed by atoms with Crippen molar-refractivity contribution < 1.29 is 0 Å². The van der Waals surface area contributed by atoms with E-state index in [-0.39, 0.29) is 0 Å². The lowest BCUT2D eigenvalue weighted by atomic mass is 9.98. The van der Waals surface area contributed by atoms with Crippen molar-refractivity contribution in [3.8, 4) is 33.5 Å². The van der Waals surface area contributed by atoms with E-state index in [1.54, 1.807) is 0 Å². The molecule has 0 spiro atoms. The minimum Gasteiger partial charge on any atom is -0.248 e. The molecule has 0 saturated carbocycles. The topological polar surface area (TPSA) is 12.9 Å². The molecule has 0 aliphatic carbocycles. The van der Waals surface area contributed by atoms with Gasteiger partial charge < -0.3 is 0 Å². The van der Waals surface area contributed by atoms with Gasteiger partial charge in [0.25, 0.3) is 0 Å². The summed E-state index contributed by atoms with van der Waals surface area (Å²) in [5.41, 5.74) is 8.26. The number of aromatic nitrogens is 1. The van der Waals surface area contributed by atoms with Gasteiger partial charge in [0, 0.05) is 10.9 Å². The normalized spacial score (nSPS) is 11.6. The summed E-state index contributed by atoms with van der Waals surface area (Å²) in [7, 11) is -1.53. The van der Waals surface area contributed by atoms with Crippen LogP contribution in [0, 0.1) is 0 Å². The molecule has 4 aromatic carbocycles. The van der Waals surface area contributed by atoms with Gasteiger partial charge in [0.2, 0.25) is 0 Å². The Hall–Kier alpha value is -3.49. The summed E-state index contributed by atoms with van der Waals surface area (Å²) in [4.78, 5) is 5.11. The number of rotatable bonds is 4. The van der Waals surface area contributed by atoms with Crippen LogP contribution in [-0.2, 0) is 0 Å². The van der Waals surface area contributed by atoms with Gasteiger partial charge in [-0.25, -0.2) is 4.98 Å². The van der Waals surface area contributed by atoms with E-state index < -0.39 is 8.07 Å². The van der Waals surface area contributed by atoms with Crippen molar-refractivity contribution in [2.75, 3.05) is 0 Å². The van der Waals surface area contributed by atoms with Crippen LogP contribution in [0.1, 0.15) is 0 Å². The summed E-state index contributed by atoms with van der Waals surface area (Å²) < 4.78 is 0. The minimum atomic E-state index is -1.53. The van der Waals surface area contributed by atoms with Gasteiger partial charge in [-0.2, -0.15) is 0 Å². The van der Waals surface area contributed by atoms with E-state index >= 15 is 0 Å². The Morgan fingerprint density at radius 1 is 0.531 bits per heavy atom. The molecule has 2 heteroatoms. The third-order valence-corrected chi connectivity index (χ3v) is 8.04. The summed E-state index contributed by atoms with van der Waals surface area (Å²) in [5, 5.41) is 2.72. The van der Waals surface area contributed by atoms with Crippen LogP contribution in [0.25, 0.3) is 44.4 Å². The van der Waals surface area contributed by atoms with Crippen LogP contribution < -0.4 is 5.19 Å². The van der Waals surface area contributed by atoms with Crippen molar-refractivity contribution in [1.82, 2.24) is 4.98 Å². The molecule has 0 saturated heterocycles. The van der Waals surface area contributed by atoms with E-state index in [9.17, 15) is 0 Å². The van der Waals surface area contributed by atoms with Crippen LogP contribution in [0.2, 0.25) is 19.6 Å². The maximum absolute atomic E-state index is 5.11. The average molecular weight is 430 g/mol. The Bertz CT molecular complexity index is 1380. The second-order valence-electron chi connectivity index (χ2n) is 9.31. The molecule has 5 rings (SSSR count). The number of pyridine rings is 1. The zero-order chi connectivity index (χ0) is 22.1. The van der Waals surface area contributed by atoms with Crippen molar-refractivity contribution in [3.63, 3.8) is 0 Å². The molecule has 156 valence electrons. The van der Waals surface area contributed by atoms with E-state index in [1.807, 2.05) is 0 Å². The number of hydrogen-bond donors (Lipinski definition) is 0. The zero-order valence-electron chi connectivity index (χ0n) is 18.8. The molecule has 0 unspecified atom stereocenters. The van der Waals surface area contributed by atoms with Crippen LogP contribution in [0.15, 0.2) is 109 Å². The molecular formula is C30H27NSi. The molecule has 0 radical (unpaired) electrons. The fourth-order valence-electron chi connectivity index (χ4n) is 4.39. The predicted molar refractivity (Wildman–Crippen MR) is 141 cm³/mol. The molecule has 0 N–H and O–H groups in total. The van der Waals surface area contributed by atoms with Gasteiger partial charge in [0.05, 0.1) is 19.3 Å². The maximum atomic E-state index is 5.11. The lowest BCUT2D eigenvalue weighted by Gasteiger charge is -2.23. The monoisotopic (exact) mass is 429 g/mol. The highest BCUT2D eigenvalue weighted by atomic mass is 28.3. The number of hydrogen-bond acceptors (Lipinski definition) is 1. The predicted octanol–water partition coefficient (Wildman–Crippen LogP) is 7.78. The largest absolute Gasteiger partial charge is 0.248 e. The Morgan fingerprint density at radius 2 is 1.16 bits per heavy atom. The van der Waals surface area contributed by atoms with Crippen LogP contribution in [-0.4, -0.2) is 13.1 Å². The van der Waals surface area contributed by atoms with Gasteiger partial charge in [-0.05, 0) is 40.5 Å². The summed E-state index contributed by atoms with van der Waals surface area (Å²) in [6, 6.07) is 38.9. The number of nitrogens with zero attached hydrogens (tertiary/aromatic N) is 1. The highest BCUT2D eigenvalue weighted by molar-refractivity contribution is 6.90. The quantitative estimate of drug-likeness (QED) is 0.266. The Kier molecular flexibility index (Phi) is 5.24. The molecule has 0 fully saturated rings. The van der Waals surface area contributed by atoms with E-state index in [2.05, 4.69) is 129 Å². The second kappa shape index (κ2) is 8.21. The maximum Gasteiger partial charge on any atom is 0.0784 e. The van der Waals surface area contributed by atoms with Crippen LogP contribution in [0.3, 0.4) is 0 Å². The van der Waals surface area contributed by atoms with Crippen LogP contribution in [0.4, 0.5) is 0 Å². The number of fused-ring (bicyclic) bond motifs is 1. The lowest BCUT2D eigenvalue weighted by Crippen LogP contribution is -2.39. The van der Waals surface area contributed by atoms with Crippen LogP contribution in [0.5, 0.6) is 0 Å². The Labute approximate surface area is 191 Å². The molecule has 0 aliphatic rings. The molecule has 0 atom stereocenters. The van der Waals surface area contributed by atoms with Crippen molar-refractivity contribution >= 4 is 24.2 Å². The highest BCUT2D eigenvalue weighted by Crippen LogP contribution is 2.31. The van der Waals surface area contributed by atoms with Gasteiger partial charge in [0.15, 0.2) is 0 Å². The third kappa shape index (κ3) is 3.90. The summed E-state index contributed by atoms with van der Waals surface area (Å²) in [5.74, 6) is 0. The molecule has 0 aliphatic heterocycles. The zero-order valence-corrected chi connectivity index (χ0v) is 19.8. The second-order valence-corrected chi connectivity index (χ2v) is 14.4. The first-order valence-corrected chi connectivity index (χ1v) is 14.7. The third-order valence-electron chi connectivity index (χ3n) is 6.01. The fraction of sp³-hybridized carbons (Fsp3) is 0.100. The molecule has 0 bridgehead atoms. The van der Waals surface area contributed by atoms with Crippen molar-refractivity contribution in [1.29, 1.82) is 0 Å². The SMILES string of the molecule is C[Si](C)(C)c1ccc2nc(-c3cccc(-c4ccccc4)c3)ccc2c1-c1ccccc1. The van der Waals surface area contributed by atoms with Gasteiger partial charge in [-0.3, -0.25) is 0 Å². The van der Waals surface area contributed by atoms with Gasteiger partial charge in [0.1, 0.15) is 0 Å². The lowest BCUT2D eigenvalue weighted by molar-refractivity contribution is 1.40. The first-order valence-electron chi connectivity index (χ1n) is 11.2. The van der Waals surface area contributed by atoms with E-state index in [0.717, 1.165) is 16.8 Å². The smallest absolute Gasteiger partial charge is 0.0784 e. The molecular weight excluding hydrogens is 402 g/mol. The van der Waals surface area contributed by atoms with Crippen molar-refractivity contribution in [3.05, 3.63) is 109 Å². The first-order chi connectivity index (χ1) is 15.5. The molecule has 5 aromatic rings. The molecule has 0 amide bonds. The van der Waals surface area contributed by atoms with E-state index in [0.29, 0.717) is 0 Å². The van der Waals surface area contributed by atoms with Gasteiger partial charge >= 0.3 is 0 Å². The summed E-state index contributed by atoms with van der Waals surface area (Å²) >= 11 is 0. The first kappa shape index (κ1) is 20.4. The van der Waals surface area contributed by atoms with Crippen LogP contribution >= 0.6 is 0 Å². The van der Waals surface area contributed by atoms with E-state index in [1.165, 1.54) is 32.8 Å². The Balaban J connectivity index is 1.66. The standard InChI is InChI=1S/C30H27NSi/c1-32(2,3)29-20-19-28-26(30(29)23-13-8-5-9-14-23)17-18-27(31-28)25-16-10-15-24(21-25)22-11-6-4-7-12-22/h4-21H,1-3H3. The average Bonchev–Trinajstić information content (AvgIpc) is 2.83. The Morgan fingerprint density at radius 3 is 1.84 bits per heavy atom. The summed E-state index contributed by atoms with van der Waals surface area (Å²) in [6.45, 7) is 7.24. The van der Waals surface area contributed by atoms with Gasteiger partial charge in [-0.1, -0.05) is 116 Å². The van der Waals surface area contributed by atoms with E-state index in [4.69, 9.17) is 4.98 Å². The van der Waals surface area contributed by atoms with Gasteiger partial charge in [-0.15, -0.1) is 0 Å². The molecule has 1 heterocycles. The van der Waals surface area contributed by atoms with Crippen molar-refractivity contribution in [2.24, 2.45) is 0 Å². The highest BCUT2D eigenvalue weighted by Gasteiger charge is 2.23. The number of benzene rings is 4. The molecule has 1 aromatic heterocycles. The molecule has 32 heavy (non-hydrogen) atoms. The molecule has 1 nitrogen and oxygen atoms in total. The minimum absolute atomic E-state index is 1.01. The van der Waals surface area contributed by atoms with Crippen molar-refractivity contribution in [2.45, 2.75) is 19.6 Å². The fourth-order valence-corrected chi connectivity index (χ4v) is 6.01.